The molecule has 5 heteroatoms. The van der Waals surface area contributed by atoms with Gasteiger partial charge in [0.15, 0.2) is 0 Å². The van der Waals surface area contributed by atoms with Crippen LogP contribution in [0.3, 0.4) is 0 Å². The minimum Gasteiger partial charge on any atom is -0.760 e. The number of benzene rings is 2. The lowest BCUT2D eigenvalue weighted by Crippen LogP contribution is -2.01. The number of fused-ring (bicyclic) bond motifs is 2. The van der Waals surface area contributed by atoms with Crippen LogP contribution in [0.5, 0.6) is 11.5 Å². The zero-order valence-corrected chi connectivity index (χ0v) is 10.4. The van der Waals surface area contributed by atoms with Crippen LogP contribution in [0.1, 0.15) is 11.1 Å². The van der Waals surface area contributed by atoms with E-state index in [9.17, 15) is 0 Å². The number of para-hydroxylation sites is 2. The number of ether oxygens (including phenoxy) is 1. The number of nitrogens with two attached hydrogens (primary N) is 1. The Morgan fingerprint density at radius 3 is 1.83 bits per heavy atom. The first-order valence-electron chi connectivity index (χ1n) is 5.34. The molecule has 0 spiro atoms. The van der Waals surface area contributed by atoms with Crippen molar-refractivity contribution in [3.63, 3.8) is 0 Å². The Hall–Kier alpha value is -1.69. The molecule has 1 aliphatic heterocycles. The Morgan fingerprint density at radius 1 is 1.00 bits per heavy atom. The standard InChI is InChI=1S/C13H10O.H3NO2S/c1-3-7-12-10(5-1)9-11-6-2-4-8-13(11)14-12;1-4(2)3/h1-8H,9H2;1H2,(H,2,3)/p-1. The molecule has 0 aromatic heterocycles. The maximum atomic E-state index is 8.78. The molecule has 2 N–H and O–H groups in total. The van der Waals surface area contributed by atoms with Crippen LogP contribution in [-0.2, 0) is 17.7 Å². The van der Waals surface area contributed by atoms with Gasteiger partial charge in [0.1, 0.15) is 11.5 Å². The van der Waals surface area contributed by atoms with Crippen LogP contribution in [-0.4, -0.2) is 8.76 Å². The van der Waals surface area contributed by atoms with Gasteiger partial charge in [-0.1, -0.05) is 36.4 Å². The second kappa shape index (κ2) is 5.77. The van der Waals surface area contributed by atoms with Crippen LogP contribution < -0.4 is 9.88 Å². The molecule has 0 saturated heterocycles. The van der Waals surface area contributed by atoms with Crippen LogP contribution in [0, 0.1) is 0 Å². The molecule has 0 saturated carbocycles. The van der Waals surface area contributed by atoms with Crippen molar-refractivity contribution in [2.75, 3.05) is 0 Å². The molecule has 0 aliphatic carbocycles. The van der Waals surface area contributed by atoms with Gasteiger partial charge in [0.2, 0.25) is 0 Å². The summed E-state index contributed by atoms with van der Waals surface area (Å²) < 4.78 is 23.3. The lowest BCUT2D eigenvalue weighted by Gasteiger charge is -2.19. The number of rotatable bonds is 0. The van der Waals surface area contributed by atoms with Gasteiger partial charge >= 0.3 is 0 Å². The van der Waals surface area contributed by atoms with E-state index in [1.807, 2.05) is 24.3 Å². The Kier molecular flexibility index (Phi) is 4.09. The third kappa shape index (κ3) is 3.16. The summed E-state index contributed by atoms with van der Waals surface area (Å²) in [4.78, 5) is 0. The zero-order valence-electron chi connectivity index (χ0n) is 9.54. The number of hydrogen-bond acceptors (Lipinski definition) is 3. The highest BCUT2D eigenvalue weighted by Gasteiger charge is 2.14. The van der Waals surface area contributed by atoms with E-state index in [2.05, 4.69) is 29.4 Å². The molecule has 18 heavy (non-hydrogen) atoms. The van der Waals surface area contributed by atoms with Gasteiger partial charge in [0.25, 0.3) is 0 Å². The van der Waals surface area contributed by atoms with Gasteiger partial charge < -0.3 is 9.29 Å². The van der Waals surface area contributed by atoms with Crippen LogP contribution in [0.15, 0.2) is 48.5 Å². The summed E-state index contributed by atoms with van der Waals surface area (Å²) in [6.07, 6.45) is 0.979. The summed E-state index contributed by atoms with van der Waals surface area (Å²) in [6, 6.07) is 16.4. The Balaban J connectivity index is 0.000000267. The van der Waals surface area contributed by atoms with E-state index in [-0.39, 0.29) is 0 Å². The van der Waals surface area contributed by atoms with E-state index < -0.39 is 11.3 Å². The van der Waals surface area contributed by atoms with E-state index in [0.717, 1.165) is 17.9 Å². The predicted octanol–water partition coefficient (Wildman–Crippen LogP) is 2.12. The first-order chi connectivity index (χ1) is 8.66. The van der Waals surface area contributed by atoms with Gasteiger partial charge in [0.05, 0.1) is 0 Å². The maximum Gasteiger partial charge on any atom is 0.130 e. The molecule has 4 nitrogen and oxygen atoms in total. The van der Waals surface area contributed by atoms with Gasteiger partial charge in [-0.25, -0.2) is 0 Å². The van der Waals surface area contributed by atoms with E-state index in [1.54, 1.807) is 0 Å². The molecule has 94 valence electrons. The molecule has 0 radical (unpaired) electrons. The summed E-state index contributed by atoms with van der Waals surface area (Å²) >= 11 is -2.36. The summed E-state index contributed by atoms with van der Waals surface area (Å²) in [5.74, 6) is 1.98. The predicted molar refractivity (Wildman–Crippen MR) is 68.9 cm³/mol. The smallest absolute Gasteiger partial charge is 0.130 e. The lowest BCUT2D eigenvalue weighted by atomic mass is 10.0. The first-order valence-corrected chi connectivity index (χ1v) is 6.48. The highest BCUT2D eigenvalue weighted by molar-refractivity contribution is 7.76. The normalized spacial score (nSPS) is 13.2. The highest BCUT2D eigenvalue weighted by atomic mass is 32.2. The van der Waals surface area contributed by atoms with Crippen LogP contribution in [0.2, 0.25) is 0 Å². The minimum absolute atomic E-state index is 0.979. The summed E-state index contributed by atoms with van der Waals surface area (Å²) in [5, 5.41) is 4.03. The monoisotopic (exact) mass is 262 g/mol. The molecular weight excluding hydrogens is 250 g/mol. The summed E-state index contributed by atoms with van der Waals surface area (Å²) in [7, 11) is 0. The number of hydrogen-bond donors (Lipinski definition) is 1. The molecule has 2 aromatic carbocycles. The van der Waals surface area contributed by atoms with Gasteiger partial charge in [0, 0.05) is 17.7 Å². The molecule has 1 unspecified atom stereocenters. The van der Waals surface area contributed by atoms with Crippen molar-refractivity contribution in [3.8, 4) is 11.5 Å². The quantitative estimate of drug-likeness (QED) is 0.630. The SMILES string of the molecule is NS(=O)[O-].c1ccc2c(c1)Cc1ccccc1O2. The summed E-state index contributed by atoms with van der Waals surface area (Å²) in [5.41, 5.74) is 2.54. The zero-order chi connectivity index (χ0) is 13.0. The van der Waals surface area contributed by atoms with Crippen LogP contribution in [0.25, 0.3) is 0 Å². The van der Waals surface area contributed by atoms with Crippen molar-refractivity contribution in [1.82, 2.24) is 0 Å². The topological polar surface area (TPSA) is 75.4 Å². The molecule has 2 aromatic rings. The second-order valence-corrected chi connectivity index (χ2v) is 4.28. The van der Waals surface area contributed by atoms with Gasteiger partial charge in [-0.05, 0) is 23.3 Å². The van der Waals surface area contributed by atoms with E-state index >= 15 is 0 Å². The fourth-order valence-electron chi connectivity index (χ4n) is 1.82. The molecular formula is C13H12NO3S-. The molecule has 1 aliphatic rings. The van der Waals surface area contributed by atoms with E-state index in [1.165, 1.54) is 11.1 Å². The van der Waals surface area contributed by atoms with Crippen molar-refractivity contribution in [2.45, 2.75) is 6.42 Å². The summed E-state index contributed by atoms with van der Waals surface area (Å²) in [6.45, 7) is 0. The third-order valence-electron chi connectivity index (χ3n) is 2.55. The highest BCUT2D eigenvalue weighted by Crippen LogP contribution is 2.35. The third-order valence-corrected chi connectivity index (χ3v) is 2.55. The van der Waals surface area contributed by atoms with Crippen LogP contribution >= 0.6 is 0 Å². The van der Waals surface area contributed by atoms with Crippen molar-refractivity contribution in [3.05, 3.63) is 59.7 Å². The average Bonchev–Trinajstić information content (AvgIpc) is 2.35. The largest absolute Gasteiger partial charge is 0.760 e. The van der Waals surface area contributed by atoms with Gasteiger partial charge in [-0.3, -0.25) is 9.35 Å². The molecule has 0 bridgehead atoms. The van der Waals surface area contributed by atoms with Crippen molar-refractivity contribution in [1.29, 1.82) is 0 Å². The maximum absolute atomic E-state index is 8.78. The Bertz CT molecular complexity index is 480. The Morgan fingerprint density at radius 2 is 1.39 bits per heavy atom. The molecule has 0 fully saturated rings. The Labute approximate surface area is 108 Å². The fourth-order valence-corrected chi connectivity index (χ4v) is 1.82. The second-order valence-electron chi connectivity index (χ2n) is 3.75. The van der Waals surface area contributed by atoms with Crippen LogP contribution in [0.4, 0.5) is 0 Å². The van der Waals surface area contributed by atoms with Gasteiger partial charge in [-0.15, -0.1) is 0 Å². The van der Waals surface area contributed by atoms with E-state index in [0.29, 0.717) is 0 Å². The molecule has 1 heterocycles. The molecule has 0 amide bonds. The first kappa shape index (κ1) is 12.8. The van der Waals surface area contributed by atoms with Crippen molar-refractivity contribution < 1.29 is 13.5 Å². The molecule has 1 atom stereocenters. The van der Waals surface area contributed by atoms with Crippen molar-refractivity contribution in [2.24, 2.45) is 5.14 Å². The molecule has 3 rings (SSSR count). The average molecular weight is 262 g/mol. The minimum atomic E-state index is -2.36. The van der Waals surface area contributed by atoms with Crippen molar-refractivity contribution >= 4 is 11.3 Å². The van der Waals surface area contributed by atoms with Gasteiger partial charge in [-0.2, -0.15) is 0 Å². The fraction of sp³-hybridized carbons (Fsp3) is 0.0769. The van der Waals surface area contributed by atoms with E-state index in [4.69, 9.17) is 13.5 Å². The lowest BCUT2D eigenvalue weighted by molar-refractivity contribution is 0.460.